The number of ether oxygens (including phenoxy) is 3. The molecular formula is C11ClF20NaO5. The van der Waals surface area contributed by atoms with Gasteiger partial charge in [0.1, 0.15) is 5.97 Å². The van der Waals surface area contributed by atoms with Crippen molar-refractivity contribution in [3.8, 4) is 0 Å². The third-order valence-electron chi connectivity index (χ3n) is 3.25. The van der Waals surface area contributed by atoms with Crippen LogP contribution in [0.25, 0.3) is 0 Å². The molecule has 0 saturated carbocycles. The van der Waals surface area contributed by atoms with Crippen molar-refractivity contribution < 1.29 is 141 Å². The molecule has 0 fully saturated rings. The van der Waals surface area contributed by atoms with Crippen molar-refractivity contribution in [1.82, 2.24) is 0 Å². The fourth-order valence-electron chi connectivity index (χ4n) is 1.54. The van der Waals surface area contributed by atoms with E-state index in [-0.39, 0.29) is 29.6 Å². The van der Waals surface area contributed by atoms with E-state index in [0.717, 1.165) is 4.74 Å². The minimum absolute atomic E-state index is 0. The number of alkyl halides is 21. The number of carboxylic acids is 1. The van der Waals surface area contributed by atoms with Crippen LogP contribution < -0.4 is 34.7 Å². The van der Waals surface area contributed by atoms with Crippen LogP contribution in [0.1, 0.15) is 0 Å². The zero-order chi connectivity index (χ0) is 30.7. The fraction of sp³-hybridized carbons (Fsp3) is 0.909. The zero-order valence-electron chi connectivity index (χ0n) is 16.5. The Morgan fingerprint density at radius 1 is 0.500 bits per heavy atom. The van der Waals surface area contributed by atoms with E-state index in [0.29, 0.717) is 0 Å². The van der Waals surface area contributed by atoms with Crippen LogP contribution in [0.15, 0.2) is 0 Å². The van der Waals surface area contributed by atoms with Crippen LogP contribution in [-0.4, -0.2) is 65.8 Å². The Balaban J connectivity index is 0. The summed E-state index contributed by atoms with van der Waals surface area (Å²) >= 11 is 3.41. The van der Waals surface area contributed by atoms with Crippen molar-refractivity contribution in [2.24, 2.45) is 0 Å². The van der Waals surface area contributed by atoms with Gasteiger partial charge in [0.15, 0.2) is 0 Å². The first-order chi connectivity index (χ1) is 15.6. The van der Waals surface area contributed by atoms with Gasteiger partial charge in [0.25, 0.3) is 0 Å². The van der Waals surface area contributed by atoms with E-state index < -0.39 is 65.8 Å². The van der Waals surface area contributed by atoms with Gasteiger partial charge in [0.05, 0.1) is 0 Å². The summed E-state index contributed by atoms with van der Waals surface area (Å²) in [7, 11) is 0. The number of aliphatic carboxylic acids is 1. The second kappa shape index (κ2) is 10.6. The first-order valence-corrected chi connectivity index (χ1v) is 7.73. The van der Waals surface area contributed by atoms with Gasteiger partial charge in [-0.15, -0.1) is 0 Å². The molecular weight excluding hydrogens is 651 g/mol. The monoisotopic (exact) mass is 650 g/mol. The maximum Gasteiger partial charge on any atom is 1.00 e. The molecule has 0 aliphatic carbocycles. The zero-order valence-corrected chi connectivity index (χ0v) is 19.2. The maximum absolute atomic E-state index is 14.0. The van der Waals surface area contributed by atoms with E-state index in [1.807, 2.05) is 0 Å². The molecule has 0 radical (unpaired) electrons. The number of carbonyl (C=O) groups excluding carboxylic acids is 1. The van der Waals surface area contributed by atoms with E-state index in [4.69, 9.17) is 0 Å². The Kier molecular flexibility index (Phi) is 11.0. The van der Waals surface area contributed by atoms with Gasteiger partial charge in [-0.05, 0) is 11.6 Å². The van der Waals surface area contributed by atoms with E-state index in [9.17, 15) is 97.7 Å². The number of halogens is 21. The van der Waals surface area contributed by atoms with E-state index in [2.05, 4.69) is 11.6 Å². The van der Waals surface area contributed by atoms with Crippen LogP contribution in [0.3, 0.4) is 0 Å². The van der Waals surface area contributed by atoms with E-state index in [1.165, 1.54) is 9.47 Å². The molecule has 0 aromatic carbocycles. The topological polar surface area (TPSA) is 67.8 Å². The molecule has 0 aliphatic rings. The van der Waals surface area contributed by atoms with Crippen LogP contribution in [0.5, 0.6) is 0 Å². The number of carboxylic acid groups (broad SMARTS) is 1. The average Bonchev–Trinajstić information content (AvgIpc) is 2.56. The van der Waals surface area contributed by atoms with Crippen molar-refractivity contribution in [2.75, 3.05) is 0 Å². The largest absolute Gasteiger partial charge is 1.00 e. The van der Waals surface area contributed by atoms with Gasteiger partial charge in [-0.1, -0.05) is 0 Å². The van der Waals surface area contributed by atoms with Gasteiger partial charge < -0.3 is 9.90 Å². The first kappa shape index (κ1) is 39.4. The van der Waals surface area contributed by atoms with Crippen molar-refractivity contribution in [3.05, 3.63) is 0 Å². The van der Waals surface area contributed by atoms with Gasteiger partial charge in [0, 0.05) is 0 Å². The molecule has 0 aromatic heterocycles. The summed E-state index contributed by atoms with van der Waals surface area (Å²) in [6.07, 6.45) is -47.9. The fourth-order valence-corrected chi connectivity index (χ4v) is 1.69. The molecule has 38 heavy (non-hydrogen) atoms. The summed E-state index contributed by atoms with van der Waals surface area (Å²) in [5.74, 6) is -28.8. The second-order valence-corrected chi connectivity index (χ2v) is 6.40. The first-order valence-electron chi connectivity index (χ1n) is 7.35. The van der Waals surface area contributed by atoms with E-state index >= 15 is 0 Å². The number of carbonyl (C=O) groups is 1. The van der Waals surface area contributed by atoms with E-state index in [1.54, 1.807) is 0 Å². The minimum Gasteiger partial charge on any atom is -0.542 e. The van der Waals surface area contributed by atoms with Gasteiger partial charge in [-0.3, -0.25) is 14.2 Å². The summed E-state index contributed by atoms with van der Waals surface area (Å²) in [6.45, 7) is 0. The van der Waals surface area contributed by atoms with Gasteiger partial charge in [0.2, 0.25) is 0 Å². The van der Waals surface area contributed by atoms with Crippen molar-refractivity contribution in [1.29, 1.82) is 0 Å². The molecule has 0 saturated heterocycles. The Labute approximate surface area is 219 Å². The molecule has 0 heterocycles. The predicted molar refractivity (Wildman–Crippen MR) is 63.6 cm³/mol. The van der Waals surface area contributed by atoms with Crippen LogP contribution in [0.2, 0.25) is 0 Å². The summed E-state index contributed by atoms with van der Waals surface area (Å²) in [5.41, 5.74) is 0. The third kappa shape index (κ3) is 6.92. The molecule has 3 atom stereocenters. The summed E-state index contributed by atoms with van der Waals surface area (Å²) in [4.78, 5) is 9.87. The predicted octanol–water partition coefficient (Wildman–Crippen LogP) is 2.08. The van der Waals surface area contributed by atoms with Gasteiger partial charge in [-0.2, -0.15) is 87.8 Å². The summed E-state index contributed by atoms with van der Waals surface area (Å²) < 4.78 is 263. The quantitative estimate of drug-likeness (QED) is 0.206. The molecule has 222 valence electrons. The molecule has 0 bridgehead atoms. The Bertz CT molecular complexity index is 836. The van der Waals surface area contributed by atoms with Crippen LogP contribution in [-0.2, 0) is 19.0 Å². The minimum atomic E-state index is -8.52. The third-order valence-corrected chi connectivity index (χ3v) is 3.49. The normalized spacial score (nSPS) is 19.6. The second-order valence-electron chi connectivity index (χ2n) is 5.92. The molecule has 0 rings (SSSR count). The Morgan fingerprint density at radius 3 is 0.947 bits per heavy atom. The standard InChI is InChI=1S/C11HClF20O5.Na/c12-6(18,19)3(15,7(20,21)22)36-11(31,32)5(17,9(26,27)28)37-10(29,30)4(16,8(23,24)25)35-2(13,14)1(33)34;/h(H,33,34);/q;+1/p-1. The number of rotatable bonds is 10. The molecule has 0 aromatic rings. The van der Waals surface area contributed by atoms with Gasteiger partial charge >= 0.3 is 89.4 Å². The van der Waals surface area contributed by atoms with Crippen molar-refractivity contribution in [3.63, 3.8) is 0 Å². The molecule has 0 aliphatic heterocycles. The van der Waals surface area contributed by atoms with Crippen molar-refractivity contribution >= 4 is 17.6 Å². The number of hydrogen-bond donors (Lipinski definition) is 0. The van der Waals surface area contributed by atoms with Crippen LogP contribution >= 0.6 is 11.6 Å². The maximum atomic E-state index is 14.0. The van der Waals surface area contributed by atoms with Crippen LogP contribution in [0.4, 0.5) is 87.8 Å². The molecule has 0 amide bonds. The van der Waals surface area contributed by atoms with Gasteiger partial charge in [-0.25, -0.2) is 0 Å². The molecule has 5 nitrogen and oxygen atoms in total. The molecule has 27 heteroatoms. The smallest absolute Gasteiger partial charge is 0.542 e. The van der Waals surface area contributed by atoms with Crippen molar-refractivity contribution in [2.45, 2.75) is 59.8 Å². The molecule has 3 unspecified atom stereocenters. The Hall–Kier alpha value is -0.760. The summed E-state index contributed by atoms with van der Waals surface area (Å²) in [5, 5.41) is 2.84. The number of hydrogen-bond acceptors (Lipinski definition) is 5. The average molecular weight is 651 g/mol. The SMILES string of the molecule is O=C([O-])C(F)(F)OC(F)(C(F)(F)F)C(F)(F)OC(F)(C(F)(F)F)C(F)(F)OC(F)(C(F)(F)F)C(F)(F)Cl.[Na+]. The van der Waals surface area contributed by atoms with Crippen LogP contribution in [0, 0.1) is 0 Å². The Morgan fingerprint density at radius 2 is 0.737 bits per heavy atom. The molecule has 0 spiro atoms. The summed E-state index contributed by atoms with van der Waals surface area (Å²) in [6, 6.07) is 0. The molecule has 0 N–H and O–H groups in total.